The van der Waals surface area contributed by atoms with Crippen LogP contribution >= 0.6 is 58.0 Å². The molecule has 3 aromatic carbocycles. The van der Waals surface area contributed by atoms with Crippen LogP contribution in [-0.2, 0) is 16.2 Å². The molecule has 6 nitrogen and oxygen atoms in total. The fraction of sp³-hybridized carbons (Fsp3) is 0.0800. The number of rotatable bonds is 6. The van der Waals surface area contributed by atoms with Gasteiger partial charge in [0, 0.05) is 0 Å². The monoisotopic (exact) mass is 638 g/mol. The zero-order valence-corrected chi connectivity index (χ0v) is 22.7. The molecule has 3 aromatic rings. The molecule has 0 spiro atoms. The fourth-order valence-corrected chi connectivity index (χ4v) is 4.84. The van der Waals surface area contributed by atoms with Crippen molar-refractivity contribution in [3.05, 3.63) is 91.0 Å². The second-order valence-corrected chi connectivity index (χ2v) is 9.67. The van der Waals surface area contributed by atoms with E-state index in [0.717, 1.165) is 14.0 Å². The first kappa shape index (κ1) is 25.4. The Labute approximate surface area is 230 Å². The average molecular weight is 639 g/mol. The van der Waals surface area contributed by atoms with E-state index in [0.29, 0.717) is 23.7 Å². The van der Waals surface area contributed by atoms with E-state index in [1.165, 1.54) is 13.2 Å². The highest BCUT2D eigenvalue weighted by Gasteiger charge is 2.35. The normalized spacial score (nSPS) is 14.8. The molecule has 0 aliphatic carbocycles. The maximum atomic E-state index is 13.3. The number of nitrogens with zero attached hydrogens (tertiary/aromatic N) is 1. The van der Waals surface area contributed by atoms with Gasteiger partial charge in [0.1, 0.15) is 12.2 Å². The first-order valence-electron chi connectivity index (χ1n) is 10.2. The Hall–Kier alpha value is -2.66. The summed E-state index contributed by atoms with van der Waals surface area (Å²) in [5.74, 6) is -0.213. The molecule has 0 saturated carbocycles. The summed E-state index contributed by atoms with van der Waals surface area (Å²) in [6, 6.07) is 18.1. The van der Waals surface area contributed by atoms with E-state index < -0.39 is 11.8 Å². The van der Waals surface area contributed by atoms with Crippen LogP contribution in [-0.4, -0.2) is 24.0 Å². The van der Waals surface area contributed by atoms with E-state index in [1.807, 2.05) is 30.3 Å². The summed E-state index contributed by atoms with van der Waals surface area (Å²) in [5.41, 5.74) is 1.74. The van der Waals surface area contributed by atoms with Crippen molar-refractivity contribution in [3.8, 4) is 11.5 Å². The third-order valence-electron chi connectivity index (χ3n) is 5.06. The molecule has 0 radical (unpaired) electrons. The molecule has 0 unspecified atom stereocenters. The lowest BCUT2D eigenvalue weighted by Gasteiger charge is -2.29. The zero-order chi connectivity index (χ0) is 25.1. The molecule has 10 heteroatoms. The fourth-order valence-electron chi connectivity index (χ4n) is 3.40. The minimum atomic E-state index is -0.624. The first-order chi connectivity index (χ1) is 16.8. The topological polar surface area (TPSA) is 67.9 Å². The average Bonchev–Trinajstić information content (AvgIpc) is 2.84. The molecule has 1 aliphatic rings. The molecule has 0 aromatic heterocycles. The van der Waals surface area contributed by atoms with Crippen molar-refractivity contribution in [2.24, 2.45) is 0 Å². The summed E-state index contributed by atoms with van der Waals surface area (Å²) in [7, 11) is 1.53. The molecule has 178 valence electrons. The Kier molecular flexibility index (Phi) is 7.95. The number of carbonyl (C=O) groups is 2. The molecule has 1 heterocycles. The minimum absolute atomic E-state index is 0.0851. The highest BCUT2D eigenvalue weighted by molar-refractivity contribution is 14.1. The Morgan fingerprint density at radius 2 is 1.83 bits per heavy atom. The molecule has 0 atom stereocenters. The van der Waals surface area contributed by atoms with E-state index in [-0.39, 0.29) is 26.4 Å². The van der Waals surface area contributed by atoms with Crippen molar-refractivity contribution in [1.82, 2.24) is 5.32 Å². The molecule has 0 bridgehead atoms. The lowest BCUT2D eigenvalue weighted by molar-refractivity contribution is -0.122. The van der Waals surface area contributed by atoms with Gasteiger partial charge in [0.05, 0.1) is 26.4 Å². The Morgan fingerprint density at radius 1 is 1.09 bits per heavy atom. The van der Waals surface area contributed by atoms with Gasteiger partial charge in [-0.05, 0) is 76.3 Å². The minimum Gasteiger partial charge on any atom is -0.493 e. The van der Waals surface area contributed by atoms with Gasteiger partial charge in [0.15, 0.2) is 16.6 Å². The molecule has 35 heavy (non-hydrogen) atoms. The van der Waals surface area contributed by atoms with Crippen LogP contribution in [0, 0.1) is 3.57 Å². The van der Waals surface area contributed by atoms with Crippen LogP contribution < -0.4 is 19.7 Å². The van der Waals surface area contributed by atoms with Crippen LogP contribution in [0.1, 0.15) is 11.1 Å². The number of halogens is 3. The molecule has 1 fully saturated rings. The highest BCUT2D eigenvalue weighted by Crippen LogP contribution is 2.37. The Bertz CT molecular complexity index is 1370. The molecule has 1 N–H and O–H groups in total. The van der Waals surface area contributed by atoms with Gasteiger partial charge in [0.2, 0.25) is 0 Å². The molecular weight excluding hydrogens is 622 g/mol. The summed E-state index contributed by atoms with van der Waals surface area (Å²) in [6.45, 7) is 0.362. The van der Waals surface area contributed by atoms with Gasteiger partial charge in [-0.2, -0.15) is 0 Å². The Morgan fingerprint density at radius 3 is 2.54 bits per heavy atom. The second kappa shape index (κ2) is 10.9. The number of benzene rings is 3. The molecule has 1 aliphatic heterocycles. The molecular formula is C25H17Cl2IN2O4S. The van der Waals surface area contributed by atoms with Crippen LogP contribution in [0.4, 0.5) is 5.69 Å². The summed E-state index contributed by atoms with van der Waals surface area (Å²) in [4.78, 5) is 27.2. The zero-order valence-electron chi connectivity index (χ0n) is 18.2. The van der Waals surface area contributed by atoms with Crippen molar-refractivity contribution in [2.45, 2.75) is 6.61 Å². The predicted molar refractivity (Wildman–Crippen MR) is 149 cm³/mol. The number of methoxy groups -OCH3 is 1. The molecule has 1 saturated heterocycles. The number of thiocarbonyl (C=S) groups is 1. The van der Waals surface area contributed by atoms with Gasteiger partial charge in [0.25, 0.3) is 11.8 Å². The largest absolute Gasteiger partial charge is 0.493 e. The standard InChI is InChI=1S/C25H17Cl2IN2O4S/c1-33-20-12-15(11-18(28)22(20)34-13-14-6-3-2-4-7-14)10-16-23(31)29-25(35)30(24(16)32)19-9-5-8-17(26)21(19)27/h2-12H,13H2,1H3,(H,29,31,35)/b16-10+. The third kappa shape index (κ3) is 5.45. The number of amides is 2. The van der Waals surface area contributed by atoms with Crippen molar-refractivity contribution >= 4 is 86.7 Å². The van der Waals surface area contributed by atoms with Crippen LogP contribution in [0.15, 0.2) is 66.2 Å². The quantitative estimate of drug-likeness (QED) is 0.155. The van der Waals surface area contributed by atoms with Gasteiger partial charge < -0.3 is 9.47 Å². The number of hydrogen-bond acceptors (Lipinski definition) is 5. The van der Waals surface area contributed by atoms with Crippen LogP contribution in [0.5, 0.6) is 11.5 Å². The number of ether oxygens (including phenoxy) is 2. The van der Waals surface area contributed by atoms with E-state index in [1.54, 1.807) is 30.3 Å². The number of nitrogens with one attached hydrogen (secondary N) is 1. The van der Waals surface area contributed by atoms with E-state index >= 15 is 0 Å². The summed E-state index contributed by atoms with van der Waals surface area (Å²) in [5, 5.41) is 2.86. The van der Waals surface area contributed by atoms with Gasteiger partial charge >= 0.3 is 0 Å². The van der Waals surface area contributed by atoms with Crippen LogP contribution in [0.3, 0.4) is 0 Å². The first-order valence-corrected chi connectivity index (χ1v) is 12.4. The highest BCUT2D eigenvalue weighted by atomic mass is 127. The van der Waals surface area contributed by atoms with Gasteiger partial charge in [-0.1, -0.05) is 59.6 Å². The lowest BCUT2D eigenvalue weighted by Crippen LogP contribution is -2.54. The number of anilines is 1. The van der Waals surface area contributed by atoms with Crippen molar-refractivity contribution in [2.75, 3.05) is 12.0 Å². The van der Waals surface area contributed by atoms with E-state index in [9.17, 15) is 9.59 Å². The van der Waals surface area contributed by atoms with Crippen molar-refractivity contribution in [1.29, 1.82) is 0 Å². The number of carbonyl (C=O) groups excluding carboxylic acids is 2. The third-order valence-corrected chi connectivity index (χ3v) is 6.96. The van der Waals surface area contributed by atoms with Gasteiger partial charge in [-0.25, -0.2) is 0 Å². The molecule has 4 rings (SSSR count). The van der Waals surface area contributed by atoms with E-state index in [4.69, 9.17) is 44.9 Å². The van der Waals surface area contributed by atoms with Crippen molar-refractivity contribution < 1.29 is 19.1 Å². The number of hydrogen-bond donors (Lipinski definition) is 1. The predicted octanol–water partition coefficient (Wildman–Crippen LogP) is 6.02. The van der Waals surface area contributed by atoms with Gasteiger partial charge in [-0.15, -0.1) is 0 Å². The SMILES string of the molecule is COc1cc(/C=C2\C(=O)NC(=S)N(c3cccc(Cl)c3Cl)C2=O)cc(I)c1OCc1ccccc1. The van der Waals surface area contributed by atoms with E-state index in [2.05, 4.69) is 27.9 Å². The lowest BCUT2D eigenvalue weighted by atomic mass is 10.1. The Balaban J connectivity index is 1.67. The summed E-state index contributed by atoms with van der Waals surface area (Å²) >= 11 is 19.8. The smallest absolute Gasteiger partial charge is 0.270 e. The van der Waals surface area contributed by atoms with Gasteiger partial charge in [-0.3, -0.25) is 19.8 Å². The van der Waals surface area contributed by atoms with Crippen LogP contribution in [0.25, 0.3) is 6.08 Å². The van der Waals surface area contributed by atoms with Crippen molar-refractivity contribution in [3.63, 3.8) is 0 Å². The summed E-state index contributed by atoms with van der Waals surface area (Å²) in [6.07, 6.45) is 1.47. The molecule has 2 amide bonds. The maximum absolute atomic E-state index is 13.3. The maximum Gasteiger partial charge on any atom is 0.270 e. The summed E-state index contributed by atoms with van der Waals surface area (Å²) < 4.78 is 12.3. The van der Waals surface area contributed by atoms with Crippen LogP contribution in [0.2, 0.25) is 10.0 Å². The second-order valence-electron chi connectivity index (χ2n) is 7.34.